The monoisotopic (exact) mass is 339 g/mol. The number of aliphatic carboxylic acids is 1. The fourth-order valence-electron chi connectivity index (χ4n) is 2.94. The summed E-state index contributed by atoms with van der Waals surface area (Å²) in [7, 11) is 0. The fraction of sp³-hybridized carbons (Fsp3) is 0.300. The molecule has 5 heteroatoms. The van der Waals surface area contributed by atoms with Crippen molar-refractivity contribution in [2.45, 2.75) is 19.4 Å². The van der Waals surface area contributed by atoms with Crippen molar-refractivity contribution >= 4 is 11.9 Å². The molecule has 5 nitrogen and oxygen atoms in total. The molecular weight excluding hydrogens is 318 g/mol. The van der Waals surface area contributed by atoms with Gasteiger partial charge >= 0.3 is 5.97 Å². The van der Waals surface area contributed by atoms with Crippen LogP contribution < -0.4 is 4.74 Å². The van der Waals surface area contributed by atoms with Gasteiger partial charge in [0.05, 0.1) is 5.92 Å². The van der Waals surface area contributed by atoms with Gasteiger partial charge in [-0.3, -0.25) is 9.59 Å². The Morgan fingerprint density at radius 2 is 1.64 bits per heavy atom. The van der Waals surface area contributed by atoms with E-state index >= 15 is 0 Å². The minimum absolute atomic E-state index is 0.0423. The fourth-order valence-corrected chi connectivity index (χ4v) is 2.94. The summed E-state index contributed by atoms with van der Waals surface area (Å²) in [6.07, 6.45) is 1.04. The highest BCUT2D eigenvalue weighted by atomic mass is 16.5. The number of likely N-dealkylation sites (tertiary alicyclic amines) is 1. The Balaban J connectivity index is 1.55. The standard InChI is InChI=1S/C20H21NO4/c22-19(21-12-10-17(11-13-21)20(23)24)16-8-6-15(7-9-16)14-25-18-4-2-1-3-5-18/h1-9,17H,10-14H2,(H,23,24). The zero-order valence-electron chi connectivity index (χ0n) is 13.9. The minimum Gasteiger partial charge on any atom is -0.489 e. The summed E-state index contributed by atoms with van der Waals surface area (Å²) < 4.78 is 5.69. The van der Waals surface area contributed by atoms with Crippen LogP contribution in [0.5, 0.6) is 5.75 Å². The maximum atomic E-state index is 12.5. The van der Waals surface area contributed by atoms with Crippen LogP contribution in [0.4, 0.5) is 0 Å². The number of carbonyl (C=O) groups is 2. The van der Waals surface area contributed by atoms with Crippen LogP contribution in [-0.4, -0.2) is 35.0 Å². The number of para-hydroxylation sites is 1. The first-order valence-corrected chi connectivity index (χ1v) is 8.42. The minimum atomic E-state index is -0.769. The molecule has 0 bridgehead atoms. The lowest BCUT2D eigenvalue weighted by atomic mass is 9.96. The highest BCUT2D eigenvalue weighted by molar-refractivity contribution is 5.94. The van der Waals surface area contributed by atoms with E-state index in [-0.39, 0.29) is 11.8 Å². The summed E-state index contributed by atoms with van der Waals surface area (Å²) >= 11 is 0. The lowest BCUT2D eigenvalue weighted by Crippen LogP contribution is -2.40. The Bertz CT molecular complexity index is 719. The third-order valence-electron chi connectivity index (χ3n) is 4.48. The maximum absolute atomic E-state index is 12.5. The molecule has 1 saturated heterocycles. The second-order valence-corrected chi connectivity index (χ2v) is 6.20. The topological polar surface area (TPSA) is 66.8 Å². The number of carboxylic acid groups (broad SMARTS) is 1. The number of hydrogen-bond donors (Lipinski definition) is 1. The van der Waals surface area contributed by atoms with Crippen LogP contribution in [0.25, 0.3) is 0 Å². The molecular formula is C20H21NO4. The van der Waals surface area contributed by atoms with Gasteiger partial charge in [0.1, 0.15) is 12.4 Å². The van der Waals surface area contributed by atoms with E-state index in [1.54, 1.807) is 17.0 Å². The summed E-state index contributed by atoms with van der Waals surface area (Å²) in [5.74, 6) is -0.334. The summed E-state index contributed by atoms with van der Waals surface area (Å²) in [5, 5.41) is 9.03. The molecule has 1 fully saturated rings. The molecule has 0 radical (unpaired) electrons. The summed E-state index contributed by atoms with van der Waals surface area (Å²) in [6.45, 7) is 1.44. The van der Waals surface area contributed by atoms with E-state index in [4.69, 9.17) is 9.84 Å². The van der Waals surface area contributed by atoms with Crippen molar-refractivity contribution in [2.75, 3.05) is 13.1 Å². The van der Waals surface area contributed by atoms with Crippen molar-refractivity contribution in [3.05, 3.63) is 65.7 Å². The van der Waals surface area contributed by atoms with Gasteiger partial charge in [-0.1, -0.05) is 30.3 Å². The quantitative estimate of drug-likeness (QED) is 0.908. The molecule has 0 atom stereocenters. The molecule has 1 amide bonds. The summed E-state index contributed by atoms with van der Waals surface area (Å²) in [5.41, 5.74) is 1.61. The Morgan fingerprint density at radius 1 is 1.00 bits per heavy atom. The number of hydrogen-bond acceptors (Lipinski definition) is 3. The van der Waals surface area contributed by atoms with E-state index in [1.807, 2.05) is 42.5 Å². The zero-order chi connectivity index (χ0) is 17.6. The zero-order valence-corrected chi connectivity index (χ0v) is 13.9. The molecule has 1 heterocycles. The molecule has 2 aromatic rings. The average molecular weight is 339 g/mol. The van der Waals surface area contributed by atoms with Crippen LogP contribution in [0.2, 0.25) is 0 Å². The molecule has 130 valence electrons. The number of carboxylic acids is 1. The number of rotatable bonds is 5. The maximum Gasteiger partial charge on any atom is 0.306 e. The van der Waals surface area contributed by atoms with Gasteiger partial charge < -0.3 is 14.7 Å². The molecule has 0 spiro atoms. The Labute approximate surface area is 146 Å². The van der Waals surface area contributed by atoms with E-state index in [0.29, 0.717) is 38.1 Å². The second-order valence-electron chi connectivity index (χ2n) is 6.20. The molecule has 1 aliphatic heterocycles. The summed E-state index contributed by atoms with van der Waals surface area (Å²) in [6, 6.07) is 17.0. The van der Waals surface area contributed by atoms with Crippen molar-refractivity contribution in [2.24, 2.45) is 5.92 Å². The average Bonchev–Trinajstić information content (AvgIpc) is 2.67. The number of ether oxygens (including phenoxy) is 1. The van der Waals surface area contributed by atoms with Crippen LogP contribution in [0.1, 0.15) is 28.8 Å². The van der Waals surface area contributed by atoms with Crippen molar-refractivity contribution in [3.8, 4) is 5.75 Å². The van der Waals surface area contributed by atoms with Gasteiger partial charge in [0.25, 0.3) is 5.91 Å². The van der Waals surface area contributed by atoms with Crippen LogP contribution in [-0.2, 0) is 11.4 Å². The van der Waals surface area contributed by atoms with E-state index in [2.05, 4.69) is 0 Å². The molecule has 1 aliphatic rings. The van der Waals surface area contributed by atoms with Crippen molar-refractivity contribution in [1.29, 1.82) is 0 Å². The van der Waals surface area contributed by atoms with E-state index in [0.717, 1.165) is 11.3 Å². The van der Waals surface area contributed by atoms with Gasteiger partial charge in [-0.2, -0.15) is 0 Å². The van der Waals surface area contributed by atoms with Gasteiger partial charge in [-0.15, -0.1) is 0 Å². The number of amides is 1. The Kier molecular flexibility index (Phi) is 5.33. The van der Waals surface area contributed by atoms with Gasteiger partial charge in [-0.05, 0) is 42.7 Å². The van der Waals surface area contributed by atoms with Crippen molar-refractivity contribution < 1.29 is 19.4 Å². The Morgan fingerprint density at radius 3 is 2.24 bits per heavy atom. The molecule has 25 heavy (non-hydrogen) atoms. The van der Waals surface area contributed by atoms with Crippen LogP contribution in [0.3, 0.4) is 0 Å². The van der Waals surface area contributed by atoms with Crippen molar-refractivity contribution in [1.82, 2.24) is 4.90 Å². The van der Waals surface area contributed by atoms with Crippen LogP contribution in [0, 0.1) is 5.92 Å². The molecule has 0 aromatic heterocycles. The van der Waals surface area contributed by atoms with Gasteiger partial charge in [0.15, 0.2) is 0 Å². The van der Waals surface area contributed by atoms with E-state index in [9.17, 15) is 9.59 Å². The normalized spacial score (nSPS) is 15.0. The largest absolute Gasteiger partial charge is 0.489 e. The number of benzene rings is 2. The molecule has 0 unspecified atom stereocenters. The number of piperidine rings is 1. The number of nitrogens with zero attached hydrogens (tertiary/aromatic N) is 1. The lowest BCUT2D eigenvalue weighted by molar-refractivity contribution is -0.143. The SMILES string of the molecule is O=C(O)C1CCN(C(=O)c2ccc(COc3ccccc3)cc2)CC1. The highest BCUT2D eigenvalue weighted by Crippen LogP contribution is 2.20. The third-order valence-corrected chi connectivity index (χ3v) is 4.48. The predicted octanol–water partition coefficient (Wildman–Crippen LogP) is 3.20. The lowest BCUT2D eigenvalue weighted by Gasteiger charge is -2.30. The molecule has 0 saturated carbocycles. The van der Waals surface area contributed by atoms with E-state index in [1.165, 1.54) is 0 Å². The van der Waals surface area contributed by atoms with Gasteiger partial charge in [0, 0.05) is 18.7 Å². The highest BCUT2D eigenvalue weighted by Gasteiger charge is 2.27. The van der Waals surface area contributed by atoms with E-state index < -0.39 is 5.97 Å². The summed E-state index contributed by atoms with van der Waals surface area (Å²) in [4.78, 5) is 25.2. The first kappa shape index (κ1) is 17.0. The molecule has 2 aromatic carbocycles. The predicted molar refractivity (Wildman–Crippen MR) is 93.5 cm³/mol. The first-order chi connectivity index (χ1) is 12.1. The van der Waals surface area contributed by atoms with Crippen molar-refractivity contribution in [3.63, 3.8) is 0 Å². The molecule has 0 aliphatic carbocycles. The second kappa shape index (κ2) is 7.83. The van der Waals surface area contributed by atoms with Gasteiger partial charge in [0.2, 0.25) is 0 Å². The first-order valence-electron chi connectivity index (χ1n) is 8.42. The third kappa shape index (κ3) is 4.38. The molecule has 1 N–H and O–H groups in total. The molecule has 3 rings (SSSR count). The van der Waals surface area contributed by atoms with Gasteiger partial charge in [-0.25, -0.2) is 0 Å². The van der Waals surface area contributed by atoms with Crippen LogP contribution >= 0.6 is 0 Å². The number of carbonyl (C=O) groups excluding carboxylic acids is 1. The smallest absolute Gasteiger partial charge is 0.306 e. The van der Waals surface area contributed by atoms with Crippen LogP contribution in [0.15, 0.2) is 54.6 Å². The Hall–Kier alpha value is -2.82.